The molecule has 4 saturated carbocycles. The third-order valence-corrected chi connectivity index (χ3v) is 9.96. The summed E-state index contributed by atoms with van der Waals surface area (Å²) < 4.78 is 35.1. The second-order valence-electron chi connectivity index (χ2n) is 10.4. The van der Waals surface area contributed by atoms with E-state index in [9.17, 15) is 13.5 Å². The molecule has 0 aromatic heterocycles. The van der Waals surface area contributed by atoms with Gasteiger partial charge in [0.25, 0.3) is 0 Å². The molecular formula is C21H36O5S. The Balaban J connectivity index is 1.50. The smallest absolute Gasteiger partial charge is 0.367 e. The van der Waals surface area contributed by atoms with Crippen LogP contribution in [0.15, 0.2) is 0 Å². The molecule has 0 aliphatic heterocycles. The number of hydrogen-bond acceptors (Lipinski definition) is 4. The number of rotatable bonds is 4. The van der Waals surface area contributed by atoms with Crippen LogP contribution in [0.2, 0.25) is 0 Å². The molecule has 5 nitrogen and oxygen atoms in total. The van der Waals surface area contributed by atoms with Crippen LogP contribution in [0.25, 0.3) is 0 Å². The summed E-state index contributed by atoms with van der Waals surface area (Å²) in [6, 6.07) is 0. The van der Waals surface area contributed by atoms with Crippen LogP contribution in [0, 0.1) is 40.4 Å². The minimum Gasteiger partial charge on any atom is -0.367 e. The third kappa shape index (κ3) is 3.49. The van der Waals surface area contributed by atoms with Crippen LogP contribution >= 0.6 is 0 Å². The zero-order valence-electron chi connectivity index (χ0n) is 16.8. The Hall–Kier alpha value is -0.170. The minimum absolute atomic E-state index is 0.155. The lowest BCUT2D eigenvalue weighted by Gasteiger charge is -2.60. The van der Waals surface area contributed by atoms with Gasteiger partial charge in [-0.1, -0.05) is 26.7 Å². The van der Waals surface area contributed by atoms with Crippen LogP contribution in [0.4, 0.5) is 0 Å². The Morgan fingerprint density at radius 3 is 2.44 bits per heavy atom. The molecular weight excluding hydrogens is 364 g/mol. The van der Waals surface area contributed by atoms with Gasteiger partial charge < -0.3 is 5.11 Å². The first kappa shape index (κ1) is 20.1. The van der Waals surface area contributed by atoms with Gasteiger partial charge in [-0.15, -0.1) is 0 Å². The first-order valence-corrected chi connectivity index (χ1v) is 12.3. The molecule has 156 valence electrons. The Morgan fingerprint density at radius 1 is 0.963 bits per heavy atom. The maximum absolute atomic E-state index is 10.9. The van der Waals surface area contributed by atoms with Crippen molar-refractivity contribution < 1.29 is 22.3 Å². The number of hydrogen-bond donors (Lipinski definition) is 2. The van der Waals surface area contributed by atoms with Crippen LogP contribution in [0.5, 0.6) is 0 Å². The van der Waals surface area contributed by atoms with Gasteiger partial charge in [0.05, 0.1) is 0 Å². The average Bonchev–Trinajstić information content (AvgIpc) is 2.89. The minimum atomic E-state index is -4.60. The van der Waals surface area contributed by atoms with Crippen molar-refractivity contribution in [3.8, 4) is 0 Å². The van der Waals surface area contributed by atoms with Gasteiger partial charge in [-0.3, -0.25) is 4.55 Å². The molecule has 0 bridgehead atoms. The van der Waals surface area contributed by atoms with E-state index in [4.69, 9.17) is 4.55 Å². The second-order valence-corrected chi connectivity index (χ2v) is 11.5. The molecule has 2 unspecified atom stereocenters. The van der Waals surface area contributed by atoms with Gasteiger partial charge in [0.2, 0.25) is 0 Å². The van der Waals surface area contributed by atoms with Crippen molar-refractivity contribution in [1.29, 1.82) is 0 Å². The standard InChI is InChI=1S/C21H36O5S/c1-20-11-4-3-5-14(20)6-8-16-17-9-7-15(13-19(22)26-27(23,24)25)21(17,2)12-10-18(16)20/h14-19,22H,3-13H2,1-2H3,(H,23,24,25)/t14?,15-,16+,17+,18+,19?,20+,21-/m1/s1. The largest absolute Gasteiger partial charge is 0.399 e. The third-order valence-electron chi connectivity index (χ3n) is 9.50. The molecule has 0 aromatic rings. The van der Waals surface area contributed by atoms with E-state index >= 15 is 0 Å². The van der Waals surface area contributed by atoms with E-state index in [1.165, 1.54) is 57.8 Å². The fourth-order valence-corrected chi connectivity index (χ4v) is 8.57. The van der Waals surface area contributed by atoms with Crippen molar-refractivity contribution in [3.63, 3.8) is 0 Å². The molecule has 0 saturated heterocycles. The van der Waals surface area contributed by atoms with Gasteiger partial charge in [-0.05, 0) is 91.8 Å². The highest BCUT2D eigenvalue weighted by Gasteiger charge is 2.59. The molecule has 8 atom stereocenters. The highest BCUT2D eigenvalue weighted by molar-refractivity contribution is 7.80. The normalized spacial score (nSPS) is 48.4. The van der Waals surface area contributed by atoms with Crippen molar-refractivity contribution >= 4 is 10.4 Å². The van der Waals surface area contributed by atoms with Gasteiger partial charge in [0, 0.05) is 6.42 Å². The van der Waals surface area contributed by atoms with Gasteiger partial charge in [0.1, 0.15) is 0 Å². The van der Waals surface area contributed by atoms with E-state index in [0.29, 0.717) is 17.8 Å². The monoisotopic (exact) mass is 400 g/mol. The van der Waals surface area contributed by atoms with Gasteiger partial charge in [-0.25, -0.2) is 4.18 Å². The number of aliphatic hydroxyl groups excluding tert-OH is 1. The van der Waals surface area contributed by atoms with E-state index in [0.717, 1.165) is 24.2 Å². The maximum atomic E-state index is 10.9. The fraction of sp³-hybridized carbons (Fsp3) is 1.00. The Bertz CT molecular complexity index is 663. The number of fused-ring (bicyclic) bond motifs is 5. The van der Waals surface area contributed by atoms with E-state index in [2.05, 4.69) is 18.0 Å². The fourth-order valence-electron chi connectivity index (χ4n) is 8.21. The molecule has 6 heteroatoms. The molecule has 0 spiro atoms. The summed E-state index contributed by atoms with van der Waals surface area (Å²) in [5.74, 6) is 3.48. The van der Waals surface area contributed by atoms with Crippen LogP contribution in [-0.4, -0.2) is 24.4 Å². The molecule has 4 aliphatic rings. The van der Waals surface area contributed by atoms with Crippen LogP contribution in [0.3, 0.4) is 0 Å². The first-order chi connectivity index (χ1) is 12.6. The molecule has 27 heavy (non-hydrogen) atoms. The van der Waals surface area contributed by atoms with Crippen molar-refractivity contribution in [2.45, 2.75) is 90.8 Å². The molecule has 4 fully saturated rings. The van der Waals surface area contributed by atoms with Gasteiger partial charge in [0.15, 0.2) is 6.29 Å². The van der Waals surface area contributed by atoms with Crippen molar-refractivity contribution in [2.75, 3.05) is 0 Å². The van der Waals surface area contributed by atoms with Crippen LogP contribution in [0.1, 0.15) is 84.5 Å². The summed E-state index contributed by atoms with van der Waals surface area (Å²) in [6.07, 6.45) is 11.8. The zero-order valence-corrected chi connectivity index (χ0v) is 17.6. The topological polar surface area (TPSA) is 83.8 Å². The molecule has 4 aliphatic carbocycles. The van der Waals surface area contributed by atoms with Crippen LogP contribution in [-0.2, 0) is 14.6 Å². The average molecular weight is 401 g/mol. The van der Waals surface area contributed by atoms with Gasteiger partial charge in [-0.2, -0.15) is 8.42 Å². The zero-order chi connectivity index (χ0) is 19.4. The Kier molecular flexibility index (Phi) is 5.19. The predicted octanol–water partition coefficient (Wildman–Crippen LogP) is 4.56. The lowest BCUT2D eigenvalue weighted by molar-refractivity contribution is -0.119. The van der Waals surface area contributed by atoms with E-state index in [1.807, 2.05) is 0 Å². The molecule has 0 radical (unpaired) electrons. The van der Waals surface area contributed by atoms with Crippen molar-refractivity contribution in [1.82, 2.24) is 0 Å². The summed E-state index contributed by atoms with van der Waals surface area (Å²) in [5, 5.41) is 10.0. The summed E-state index contributed by atoms with van der Waals surface area (Å²) in [7, 11) is -4.60. The summed E-state index contributed by atoms with van der Waals surface area (Å²) >= 11 is 0. The SMILES string of the molecule is C[C@]12CC[C@H]3[C@@H](CCC4CCCC[C@@]43C)[C@@H]1CC[C@@H]2CC(O)OS(=O)(=O)O. The maximum Gasteiger partial charge on any atom is 0.399 e. The quantitative estimate of drug-likeness (QED) is 0.534. The molecule has 0 amide bonds. The van der Waals surface area contributed by atoms with E-state index in [1.54, 1.807) is 0 Å². The predicted molar refractivity (Wildman–Crippen MR) is 103 cm³/mol. The Labute approximate surface area is 164 Å². The van der Waals surface area contributed by atoms with Crippen LogP contribution < -0.4 is 0 Å². The molecule has 0 aromatic carbocycles. The van der Waals surface area contributed by atoms with E-state index in [-0.39, 0.29) is 11.3 Å². The lowest BCUT2D eigenvalue weighted by Crippen LogP contribution is -2.52. The molecule has 4 rings (SSSR count). The first-order valence-electron chi connectivity index (χ1n) is 11.0. The van der Waals surface area contributed by atoms with Gasteiger partial charge >= 0.3 is 10.4 Å². The van der Waals surface area contributed by atoms with Crippen molar-refractivity contribution in [2.24, 2.45) is 40.4 Å². The van der Waals surface area contributed by atoms with Crippen molar-refractivity contribution in [3.05, 3.63) is 0 Å². The lowest BCUT2D eigenvalue weighted by atomic mass is 9.45. The molecule has 0 heterocycles. The number of aliphatic hydroxyl groups is 1. The summed E-state index contributed by atoms with van der Waals surface area (Å²) in [5.41, 5.74) is 0.677. The summed E-state index contributed by atoms with van der Waals surface area (Å²) in [6.45, 7) is 4.94. The van der Waals surface area contributed by atoms with E-state index < -0.39 is 16.7 Å². The highest BCUT2D eigenvalue weighted by atomic mass is 32.3. The summed E-state index contributed by atoms with van der Waals surface area (Å²) in [4.78, 5) is 0. The molecule has 2 N–H and O–H groups in total. The highest BCUT2D eigenvalue weighted by Crippen LogP contribution is 2.67. The second kappa shape index (κ2) is 6.96. The Morgan fingerprint density at radius 2 is 1.70 bits per heavy atom.